The van der Waals surface area contributed by atoms with Crippen molar-refractivity contribution in [2.45, 2.75) is 25.4 Å². The van der Waals surface area contributed by atoms with Crippen molar-refractivity contribution in [3.8, 4) is 5.82 Å². The fraction of sp³-hybridized carbons (Fsp3) is 0.200. The Morgan fingerprint density at radius 1 is 1.17 bits per heavy atom. The SMILES string of the molecule is O=C(NCc1ccnc(-n2cccn2)c1)Nc1ccc(Cl)c(C(=O)NC2CC2)c1. The van der Waals surface area contributed by atoms with E-state index in [0.29, 0.717) is 28.6 Å². The first-order chi connectivity index (χ1) is 14.1. The molecule has 1 saturated carbocycles. The lowest BCUT2D eigenvalue weighted by molar-refractivity contribution is 0.0951. The van der Waals surface area contributed by atoms with E-state index in [4.69, 9.17) is 11.6 Å². The third kappa shape index (κ3) is 4.91. The van der Waals surface area contributed by atoms with Crippen molar-refractivity contribution in [1.82, 2.24) is 25.4 Å². The molecule has 3 aromatic rings. The van der Waals surface area contributed by atoms with Crippen LogP contribution < -0.4 is 16.0 Å². The van der Waals surface area contributed by atoms with Crippen LogP contribution in [0.4, 0.5) is 10.5 Å². The smallest absolute Gasteiger partial charge is 0.319 e. The Kier molecular flexibility index (Phi) is 5.44. The van der Waals surface area contributed by atoms with Crippen LogP contribution in [0.3, 0.4) is 0 Å². The molecule has 3 amide bonds. The zero-order valence-electron chi connectivity index (χ0n) is 15.4. The molecule has 0 spiro atoms. The van der Waals surface area contributed by atoms with E-state index in [9.17, 15) is 9.59 Å². The molecule has 0 atom stereocenters. The maximum atomic E-state index is 12.3. The van der Waals surface area contributed by atoms with E-state index >= 15 is 0 Å². The Hall–Kier alpha value is -3.39. The molecule has 4 rings (SSSR count). The predicted molar refractivity (Wildman–Crippen MR) is 109 cm³/mol. The summed E-state index contributed by atoms with van der Waals surface area (Å²) < 4.78 is 1.64. The van der Waals surface area contributed by atoms with Crippen LogP contribution in [0.2, 0.25) is 5.02 Å². The summed E-state index contributed by atoms with van der Waals surface area (Å²) in [5.41, 5.74) is 1.70. The summed E-state index contributed by atoms with van der Waals surface area (Å²) >= 11 is 6.13. The van der Waals surface area contributed by atoms with E-state index in [1.54, 1.807) is 41.5 Å². The molecule has 1 aromatic carbocycles. The number of nitrogens with one attached hydrogen (secondary N) is 3. The van der Waals surface area contributed by atoms with Crippen LogP contribution >= 0.6 is 11.6 Å². The number of carbonyl (C=O) groups is 2. The fourth-order valence-corrected chi connectivity index (χ4v) is 2.93. The highest BCUT2D eigenvalue weighted by molar-refractivity contribution is 6.34. The lowest BCUT2D eigenvalue weighted by atomic mass is 10.2. The van der Waals surface area contributed by atoms with Gasteiger partial charge in [0.25, 0.3) is 5.91 Å². The van der Waals surface area contributed by atoms with Crippen LogP contribution in [0.15, 0.2) is 55.0 Å². The molecule has 0 unspecified atom stereocenters. The number of pyridine rings is 1. The first kappa shape index (κ1) is 18.9. The largest absolute Gasteiger partial charge is 0.349 e. The highest BCUT2D eigenvalue weighted by Gasteiger charge is 2.24. The highest BCUT2D eigenvalue weighted by Crippen LogP contribution is 2.24. The molecular weight excluding hydrogens is 392 g/mol. The monoisotopic (exact) mass is 410 g/mol. The number of anilines is 1. The number of carbonyl (C=O) groups excluding carboxylic acids is 2. The third-order valence-electron chi connectivity index (χ3n) is 4.38. The lowest BCUT2D eigenvalue weighted by Crippen LogP contribution is -2.29. The summed E-state index contributed by atoms with van der Waals surface area (Å²) in [5.74, 6) is 0.434. The van der Waals surface area contributed by atoms with Gasteiger partial charge in [-0.05, 0) is 54.8 Å². The van der Waals surface area contributed by atoms with Gasteiger partial charge in [-0.2, -0.15) is 5.10 Å². The Balaban J connectivity index is 1.36. The summed E-state index contributed by atoms with van der Waals surface area (Å²) in [7, 11) is 0. The van der Waals surface area contributed by atoms with Crippen molar-refractivity contribution < 1.29 is 9.59 Å². The van der Waals surface area contributed by atoms with E-state index in [1.807, 2.05) is 18.2 Å². The minimum absolute atomic E-state index is 0.227. The molecule has 29 heavy (non-hydrogen) atoms. The van der Waals surface area contributed by atoms with E-state index in [-0.39, 0.29) is 11.9 Å². The summed E-state index contributed by atoms with van der Waals surface area (Å²) in [6.07, 6.45) is 7.10. The molecule has 0 saturated heterocycles. The molecule has 3 N–H and O–H groups in total. The first-order valence-corrected chi connectivity index (χ1v) is 9.56. The Labute approximate surface area is 172 Å². The lowest BCUT2D eigenvalue weighted by Gasteiger charge is -2.11. The third-order valence-corrected chi connectivity index (χ3v) is 4.71. The maximum absolute atomic E-state index is 12.3. The summed E-state index contributed by atoms with van der Waals surface area (Å²) in [5, 5.41) is 12.9. The van der Waals surface area contributed by atoms with Gasteiger partial charge in [0.1, 0.15) is 0 Å². The van der Waals surface area contributed by atoms with Crippen LogP contribution in [-0.2, 0) is 6.54 Å². The number of rotatable bonds is 6. The Morgan fingerprint density at radius 2 is 2.03 bits per heavy atom. The highest BCUT2D eigenvalue weighted by atomic mass is 35.5. The van der Waals surface area contributed by atoms with E-state index in [2.05, 4.69) is 26.0 Å². The zero-order valence-corrected chi connectivity index (χ0v) is 16.2. The minimum Gasteiger partial charge on any atom is -0.349 e. The van der Waals surface area contributed by atoms with Crippen LogP contribution in [0, 0.1) is 0 Å². The van der Waals surface area contributed by atoms with Crippen LogP contribution in [0.1, 0.15) is 28.8 Å². The normalized spacial score (nSPS) is 13.0. The molecular formula is C20H19ClN6O2. The van der Waals surface area contributed by atoms with Crippen molar-refractivity contribution in [1.29, 1.82) is 0 Å². The molecule has 8 nitrogen and oxygen atoms in total. The second-order valence-electron chi connectivity index (χ2n) is 6.72. The molecule has 1 aliphatic rings. The number of urea groups is 1. The maximum Gasteiger partial charge on any atom is 0.319 e. The molecule has 9 heteroatoms. The second-order valence-corrected chi connectivity index (χ2v) is 7.13. The van der Waals surface area contributed by atoms with Gasteiger partial charge in [-0.1, -0.05) is 11.6 Å². The fourth-order valence-electron chi connectivity index (χ4n) is 2.73. The van der Waals surface area contributed by atoms with Crippen LogP contribution in [-0.4, -0.2) is 32.7 Å². The topological polar surface area (TPSA) is 101 Å². The van der Waals surface area contributed by atoms with Crippen LogP contribution in [0.5, 0.6) is 0 Å². The number of aromatic nitrogens is 3. The molecule has 1 aliphatic carbocycles. The number of benzene rings is 1. The average molecular weight is 411 g/mol. The molecule has 0 aliphatic heterocycles. The van der Waals surface area contributed by atoms with E-state index in [1.165, 1.54) is 0 Å². The molecule has 1 fully saturated rings. The Morgan fingerprint density at radius 3 is 2.79 bits per heavy atom. The van der Waals surface area contributed by atoms with Crippen molar-refractivity contribution in [3.63, 3.8) is 0 Å². The van der Waals surface area contributed by atoms with Crippen molar-refractivity contribution >= 4 is 29.2 Å². The van der Waals surface area contributed by atoms with Gasteiger partial charge in [0.2, 0.25) is 0 Å². The molecule has 2 aromatic heterocycles. The van der Waals surface area contributed by atoms with Crippen molar-refractivity contribution in [2.75, 3.05) is 5.32 Å². The zero-order chi connectivity index (χ0) is 20.2. The number of amides is 3. The quantitative estimate of drug-likeness (QED) is 0.581. The van der Waals surface area contributed by atoms with Crippen molar-refractivity contribution in [3.05, 3.63) is 71.1 Å². The summed E-state index contributed by atoms with van der Waals surface area (Å²) in [6.45, 7) is 0.311. The van der Waals surface area contributed by atoms with Gasteiger partial charge in [-0.25, -0.2) is 14.5 Å². The van der Waals surface area contributed by atoms with E-state index < -0.39 is 6.03 Å². The minimum atomic E-state index is -0.390. The number of halogens is 1. The van der Waals surface area contributed by atoms with Gasteiger partial charge in [0.15, 0.2) is 5.82 Å². The standard InChI is InChI=1S/C20H19ClN6O2/c21-17-5-4-15(11-16(17)19(28)25-14-2-3-14)26-20(29)23-12-13-6-8-22-18(10-13)27-9-1-7-24-27/h1,4-11,14H,2-3,12H2,(H,25,28)(H2,23,26,29). The summed E-state index contributed by atoms with van der Waals surface area (Å²) in [6, 6.07) is 10.1. The molecule has 2 heterocycles. The van der Waals surface area contributed by atoms with Gasteiger partial charge in [0, 0.05) is 36.9 Å². The second kappa shape index (κ2) is 8.32. The van der Waals surface area contributed by atoms with Crippen molar-refractivity contribution in [2.24, 2.45) is 0 Å². The van der Waals surface area contributed by atoms with Gasteiger partial charge < -0.3 is 16.0 Å². The van der Waals surface area contributed by atoms with Gasteiger partial charge >= 0.3 is 6.03 Å². The van der Waals surface area contributed by atoms with Crippen LogP contribution in [0.25, 0.3) is 5.82 Å². The predicted octanol–water partition coefficient (Wildman–Crippen LogP) is 3.13. The number of hydrogen-bond acceptors (Lipinski definition) is 4. The summed E-state index contributed by atoms with van der Waals surface area (Å²) in [4.78, 5) is 28.8. The number of nitrogens with zero attached hydrogens (tertiary/aromatic N) is 3. The molecule has 0 bridgehead atoms. The van der Waals surface area contributed by atoms with Gasteiger partial charge in [-0.3, -0.25) is 4.79 Å². The van der Waals surface area contributed by atoms with Gasteiger partial charge in [0.05, 0.1) is 10.6 Å². The molecule has 0 radical (unpaired) electrons. The Bertz CT molecular complexity index is 1030. The number of hydrogen-bond donors (Lipinski definition) is 3. The molecule has 148 valence electrons. The van der Waals surface area contributed by atoms with E-state index in [0.717, 1.165) is 18.4 Å². The first-order valence-electron chi connectivity index (χ1n) is 9.19. The van der Waals surface area contributed by atoms with Gasteiger partial charge in [-0.15, -0.1) is 0 Å². The average Bonchev–Trinajstić information content (AvgIpc) is 3.36.